The lowest BCUT2D eigenvalue weighted by Gasteiger charge is -2.14. The molecule has 0 fully saturated rings. The molecule has 0 atom stereocenters. The van der Waals surface area contributed by atoms with Crippen LogP contribution >= 0.6 is 11.3 Å². The van der Waals surface area contributed by atoms with Gasteiger partial charge >= 0.3 is 0 Å². The standard InChI is InChI=1S/C25H22N4O4S/c30-20(10-12-29-24(32)16-6-1-2-7-17(16)25(29)33)28-23-21(18-8-3-9-19(18)34-23)22(31)27-14-15-5-4-11-26-13-15/h1-2,4-7,11,13H,3,8-10,12,14H2,(H,27,31)(H,28,30). The molecule has 5 rings (SSSR count). The number of anilines is 1. The monoisotopic (exact) mass is 474 g/mol. The highest BCUT2D eigenvalue weighted by molar-refractivity contribution is 7.17. The maximum Gasteiger partial charge on any atom is 0.261 e. The van der Waals surface area contributed by atoms with Crippen molar-refractivity contribution in [1.82, 2.24) is 15.2 Å². The van der Waals surface area contributed by atoms with Crippen LogP contribution in [0, 0.1) is 0 Å². The average molecular weight is 475 g/mol. The van der Waals surface area contributed by atoms with E-state index in [-0.39, 0.29) is 36.6 Å². The summed E-state index contributed by atoms with van der Waals surface area (Å²) in [6.45, 7) is 0.316. The summed E-state index contributed by atoms with van der Waals surface area (Å²) in [6.07, 6.45) is 5.98. The highest BCUT2D eigenvalue weighted by Crippen LogP contribution is 2.39. The number of nitrogens with one attached hydrogen (secondary N) is 2. The van der Waals surface area contributed by atoms with Crippen molar-refractivity contribution in [2.45, 2.75) is 32.2 Å². The average Bonchev–Trinajstić information content (AvgIpc) is 3.50. The Bertz CT molecular complexity index is 1270. The van der Waals surface area contributed by atoms with Crippen LogP contribution in [0.4, 0.5) is 5.00 Å². The third-order valence-electron chi connectivity index (χ3n) is 6.02. The summed E-state index contributed by atoms with van der Waals surface area (Å²) in [5.74, 6) is -1.37. The number of nitrogens with zero attached hydrogens (tertiary/aromatic N) is 2. The number of aryl methyl sites for hydroxylation is 1. The summed E-state index contributed by atoms with van der Waals surface area (Å²) in [4.78, 5) is 57.1. The van der Waals surface area contributed by atoms with Gasteiger partial charge in [0.25, 0.3) is 17.7 Å². The van der Waals surface area contributed by atoms with Crippen molar-refractivity contribution in [2.75, 3.05) is 11.9 Å². The Kier molecular flexibility index (Phi) is 5.93. The molecule has 2 aliphatic rings. The van der Waals surface area contributed by atoms with Crippen LogP contribution in [0.1, 0.15) is 59.9 Å². The minimum absolute atomic E-state index is 0.0220. The molecule has 0 radical (unpaired) electrons. The molecule has 0 saturated carbocycles. The van der Waals surface area contributed by atoms with E-state index in [9.17, 15) is 19.2 Å². The summed E-state index contributed by atoms with van der Waals surface area (Å²) in [5.41, 5.74) is 3.10. The molecule has 3 aromatic rings. The number of rotatable bonds is 7. The zero-order valence-corrected chi connectivity index (χ0v) is 19.1. The van der Waals surface area contributed by atoms with Crippen LogP contribution in [0.15, 0.2) is 48.8 Å². The largest absolute Gasteiger partial charge is 0.348 e. The molecule has 0 spiro atoms. The zero-order chi connectivity index (χ0) is 23.7. The SMILES string of the molecule is O=C(CCN1C(=O)c2ccccc2C1=O)Nc1sc2c(c1C(=O)NCc1cccnc1)CCC2. The molecule has 9 heteroatoms. The first-order chi connectivity index (χ1) is 16.5. The number of thiophene rings is 1. The van der Waals surface area contributed by atoms with Crippen molar-refractivity contribution in [3.63, 3.8) is 0 Å². The van der Waals surface area contributed by atoms with Crippen LogP contribution in [0.5, 0.6) is 0 Å². The molecule has 3 heterocycles. The lowest BCUT2D eigenvalue weighted by molar-refractivity contribution is -0.116. The lowest BCUT2D eigenvalue weighted by atomic mass is 10.1. The summed E-state index contributed by atoms with van der Waals surface area (Å²) < 4.78 is 0. The number of fused-ring (bicyclic) bond motifs is 2. The van der Waals surface area contributed by atoms with Crippen molar-refractivity contribution in [2.24, 2.45) is 0 Å². The Morgan fingerprint density at radius 1 is 1.03 bits per heavy atom. The van der Waals surface area contributed by atoms with E-state index in [1.54, 1.807) is 36.7 Å². The number of pyridine rings is 1. The van der Waals surface area contributed by atoms with Crippen LogP contribution in [0.2, 0.25) is 0 Å². The van der Waals surface area contributed by atoms with E-state index < -0.39 is 0 Å². The molecule has 1 aliphatic heterocycles. The number of amides is 4. The Hall–Kier alpha value is -3.85. The van der Waals surface area contributed by atoms with E-state index in [1.165, 1.54) is 11.3 Å². The second kappa shape index (κ2) is 9.18. The molecule has 0 saturated heterocycles. The number of aromatic nitrogens is 1. The van der Waals surface area contributed by atoms with Gasteiger partial charge in [-0.2, -0.15) is 0 Å². The van der Waals surface area contributed by atoms with Gasteiger partial charge in [-0.05, 0) is 48.6 Å². The lowest BCUT2D eigenvalue weighted by Crippen LogP contribution is -2.33. The molecular weight excluding hydrogens is 452 g/mol. The Morgan fingerprint density at radius 3 is 2.50 bits per heavy atom. The van der Waals surface area contributed by atoms with Crippen LogP contribution in [-0.2, 0) is 24.2 Å². The summed E-state index contributed by atoms with van der Waals surface area (Å²) in [6, 6.07) is 10.3. The smallest absolute Gasteiger partial charge is 0.261 e. The topological polar surface area (TPSA) is 108 Å². The van der Waals surface area contributed by atoms with Crippen molar-refractivity contribution < 1.29 is 19.2 Å². The first kappa shape index (κ1) is 22.0. The predicted molar refractivity (Wildman–Crippen MR) is 127 cm³/mol. The van der Waals surface area contributed by atoms with Gasteiger partial charge in [0, 0.05) is 36.8 Å². The number of carbonyl (C=O) groups excluding carboxylic acids is 4. The van der Waals surface area contributed by atoms with Crippen LogP contribution in [-0.4, -0.2) is 40.1 Å². The van der Waals surface area contributed by atoms with Gasteiger partial charge in [0.15, 0.2) is 0 Å². The van der Waals surface area contributed by atoms with Crippen molar-refractivity contribution in [1.29, 1.82) is 0 Å². The van der Waals surface area contributed by atoms with E-state index >= 15 is 0 Å². The first-order valence-electron chi connectivity index (χ1n) is 11.1. The minimum Gasteiger partial charge on any atom is -0.348 e. The number of imide groups is 1. The normalized spacial score (nSPS) is 14.2. The quantitative estimate of drug-likeness (QED) is 0.512. The van der Waals surface area contributed by atoms with Gasteiger partial charge in [-0.1, -0.05) is 18.2 Å². The summed E-state index contributed by atoms with van der Waals surface area (Å²) in [5, 5.41) is 6.29. The van der Waals surface area contributed by atoms with E-state index in [0.29, 0.717) is 28.2 Å². The second-order valence-corrected chi connectivity index (χ2v) is 9.32. The highest BCUT2D eigenvalue weighted by atomic mass is 32.1. The fourth-order valence-electron chi connectivity index (χ4n) is 4.35. The van der Waals surface area contributed by atoms with Gasteiger partial charge in [0.2, 0.25) is 5.91 Å². The third kappa shape index (κ3) is 4.10. The Labute approximate surface area is 200 Å². The molecule has 1 aromatic carbocycles. The zero-order valence-electron chi connectivity index (χ0n) is 18.3. The van der Waals surface area contributed by atoms with E-state index in [0.717, 1.165) is 40.2 Å². The summed E-state index contributed by atoms with van der Waals surface area (Å²) >= 11 is 1.42. The molecule has 0 bridgehead atoms. The van der Waals surface area contributed by atoms with E-state index in [1.807, 2.05) is 12.1 Å². The molecule has 1 aliphatic carbocycles. The minimum atomic E-state index is -0.390. The van der Waals surface area contributed by atoms with Crippen LogP contribution in [0.25, 0.3) is 0 Å². The molecule has 8 nitrogen and oxygen atoms in total. The Morgan fingerprint density at radius 2 is 1.79 bits per heavy atom. The van der Waals surface area contributed by atoms with Gasteiger partial charge in [0.1, 0.15) is 5.00 Å². The van der Waals surface area contributed by atoms with Crippen molar-refractivity contribution in [3.05, 3.63) is 81.5 Å². The number of carbonyl (C=O) groups is 4. The first-order valence-corrected chi connectivity index (χ1v) is 11.9. The third-order valence-corrected chi connectivity index (χ3v) is 7.23. The molecule has 0 unspecified atom stereocenters. The molecule has 172 valence electrons. The summed E-state index contributed by atoms with van der Waals surface area (Å²) in [7, 11) is 0. The van der Waals surface area contributed by atoms with Gasteiger partial charge < -0.3 is 10.6 Å². The predicted octanol–water partition coefficient (Wildman–Crippen LogP) is 3.19. The number of benzene rings is 1. The molecule has 2 aromatic heterocycles. The highest BCUT2D eigenvalue weighted by Gasteiger charge is 2.35. The fourth-order valence-corrected chi connectivity index (χ4v) is 5.65. The van der Waals surface area contributed by atoms with Crippen LogP contribution < -0.4 is 10.6 Å². The van der Waals surface area contributed by atoms with Gasteiger partial charge in [-0.15, -0.1) is 11.3 Å². The van der Waals surface area contributed by atoms with Crippen LogP contribution in [0.3, 0.4) is 0 Å². The van der Waals surface area contributed by atoms with Crippen molar-refractivity contribution >= 4 is 40.0 Å². The molecule has 4 amide bonds. The van der Waals surface area contributed by atoms with Gasteiger partial charge in [-0.25, -0.2) is 0 Å². The maximum absolute atomic E-state index is 13.0. The van der Waals surface area contributed by atoms with E-state index in [2.05, 4.69) is 15.6 Å². The molecule has 2 N–H and O–H groups in total. The van der Waals surface area contributed by atoms with Gasteiger partial charge in [0.05, 0.1) is 16.7 Å². The molecule has 34 heavy (non-hydrogen) atoms. The maximum atomic E-state index is 13.0. The Balaban J connectivity index is 1.26. The number of hydrogen-bond donors (Lipinski definition) is 2. The van der Waals surface area contributed by atoms with E-state index in [4.69, 9.17) is 0 Å². The fraction of sp³-hybridized carbons (Fsp3) is 0.240. The van der Waals surface area contributed by atoms with Crippen molar-refractivity contribution in [3.8, 4) is 0 Å². The van der Waals surface area contributed by atoms with Gasteiger partial charge in [-0.3, -0.25) is 29.1 Å². The number of hydrogen-bond acceptors (Lipinski definition) is 6. The molecular formula is C25H22N4O4S. The second-order valence-electron chi connectivity index (χ2n) is 8.21.